The van der Waals surface area contributed by atoms with Crippen LogP contribution in [0.2, 0.25) is 0 Å². The van der Waals surface area contributed by atoms with Crippen molar-refractivity contribution in [1.82, 2.24) is 0 Å². The van der Waals surface area contributed by atoms with Gasteiger partial charge in [0.05, 0.1) is 6.57 Å². The van der Waals surface area contributed by atoms with Gasteiger partial charge in [0.2, 0.25) is 0 Å². The van der Waals surface area contributed by atoms with E-state index in [0.717, 1.165) is 32.2 Å². The molecule has 0 fully saturated rings. The lowest BCUT2D eigenvalue weighted by atomic mass is 10.1. The lowest BCUT2D eigenvalue weighted by Gasteiger charge is -2.24. The fraction of sp³-hybridized carbons (Fsp3) is 0.308. The Morgan fingerprint density at radius 1 is 1.00 bits per heavy atom. The maximum atomic E-state index is 11.0. The molecule has 0 amide bonds. The molecule has 0 radical (unpaired) electrons. The van der Waals surface area contributed by atoms with Crippen LogP contribution in [0.3, 0.4) is 0 Å². The summed E-state index contributed by atoms with van der Waals surface area (Å²) >= 11 is 3.17. The average molecular weight is 465 g/mol. The first-order valence-corrected chi connectivity index (χ1v) is 12.6. The molecule has 0 spiro atoms. The third-order valence-electron chi connectivity index (χ3n) is 5.13. The second kappa shape index (κ2) is 11.7. The van der Waals surface area contributed by atoms with E-state index in [9.17, 15) is 4.79 Å². The standard InChI is InChI=1S/C26H28N2O2S2/c1-4-6-14-28(15-7-5-2)20-11-8-19(9-12-20)10-13-21-17-24-25(31-21)18-22(32-24)16-23(27-3)26(29)30/h8-13,16-18H,4-7,14-15H2,1-2H3,(H,29,30)/b13-10+,23-16-. The Bertz CT molecular complexity index is 1110. The number of carbonyl (C=O) groups is 1. The molecule has 2 aromatic heterocycles. The maximum Gasteiger partial charge on any atom is 0.333 e. The van der Waals surface area contributed by atoms with Crippen LogP contribution < -0.4 is 4.90 Å². The minimum Gasteiger partial charge on any atom is -0.486 e. The number of unbranched alkanes of at least 4 members (excludes halogenated alkanes) is 2. The molecule has 0 bridgehead atoms. The van der Waals surface area contributed by atoms with Crippen molar-refractivity contribution in [3.8, 4) is 0 Å². The normalized spacial score (nSPS) is 11.8. The second-order valence-corrected chi connectivity index (χ2v) is 9.82. The molecule has 166 valence electrons. The van der Waals surface area contributed by atoms with Crippen LogP contribution in [0.4, 0.5) is 5.69 Å². The molecule has 0 saturated carbocycles. The molecule has 0 atom stereocenters. The quantitative estimate of drug-likeness (QED) is 0.232. The maximum absolute atomic E-state index is 11.0. The topological polar surface area (TPSA) is 44.9 Å². The molecule has 1 aromatic carbocycles. The van der Waals surface area contributed by atoms with Gasteiger partial charge in [-0.2, -0.15) is 0 Å². The minimum atomic E-state index is -1.19. The van der Waals surface area contributed by atoms with Gasteiger partial charge >= 0.3 is 5.97 Å². The van der Waals surface area contributed by atoms with Crippen LogP contribution in [0.25, 0.3) is 32.5 Å². The van der Waals surface area contributed by atoms with Crippen molar-refractivity contribution in [2.24, 2.45) is 0 Å². The molecule has 6 heteroatoms. The molecule has 1 N–H and O–H groups in total. The lowest BCUT2D eigenvalue weighted by Crippen LogP contribution is -2.25. The minimum absolute atomic E-state index is 0.259. The largest absolute Gasteiger partial charge is 0.486 e. The molecular weight excluding hydrogens is 436 g/mol. The van der Waals surface area contributed by atoms with Crippen molar-refractivity contribution in [3.05, 3.63) is 68.8 Å². The average Bonchev–Trinajstić information content (AvgIpc) is 3.34. The number of hydrogen-bond donors (Lipinski definition) is 1. The van der Waals surface area contributed by atoms with Gasteiger partial charge in [-0.25, -0.2) is 4.85 Å². The summed E-state index contributed by atoms with van der Waals surface area (Å²) in [7, 11) is 0. The van der Waals surface area contributed by atoms with Gasteiger partial charge in [-0.05, 0) is 54.8 Å². The van der Waals surface area contributed by atoms with E-state index in [1.54, 1.807) is 11.3 Å². The number of carboxylic acid groups (broad SMARTS) is 1. The molecule has 3 aromatic rings. The van der Waals surface area contributed by atoms with Crippen molar-refractivity contribution in [1.29, 1.82) is 0 Å². The molecular formula is C26H28N2O2S2. The predicted octanol–water partition coefficient (Wildman–Crippen LogP) is 7.88. The summed E-state index contributed by atoms with van der Waals surface area (Å²) in [4.78, 5) is 18.5. The van der Waals surface area contributed by atoms with E-state index in [1.165, 1.54) is 54.3 Å². The highest BCUT2D eigenvalue weighted by Gasteiger charge is 2.10. The van der Waals surface area contributed by atoms with Crippen LogP contribution in [0.1, 0.15) is 54.8 Å². The summed E-state index contributed by atoms with van der Waals surface area (Å²) in [6.07, 6.45) is 10.5. The van der Waals surface area contributed by atoms with Gasteiger partial charge in [0.25, 0.3) is 5.70 Å². The fourth-order valence-corrected chi connectivity index (χ4v) is 5.60. The van der Waals surface area contributed by atoms with Gasteiger partial charge < -0.3 is 10.0 Å². The van der Waals surface area contributed by atoms with Crippen molar-refractivity contribution >= 4 is 62.0 Å². The number of hydrogen-bond acceptors (Lipinski definition) is 4. The summed E-state index contributed by atoms with van der Waals surface area (Å²) in [5.41, 5.74) is 2.20. The highest BCUT2D eigenvalue weighted by atomic mass is 32.1. The van der Waals surface area contributed by atoms with E-state index in [4.69, 9.17) is 11.7 Å². The third-order valence-corrected chi connectivity index (χ3v) is 7.33. The zero-order valence-electron chi connectivity index (χ0n) is 18.5. The summed E-state index contributed by atoms with van der Waals surface area (Å²) in [5, 5.41) is 9.02. The predicted molar refractivity (Wildman–Crippen MR) is 139 cm³/mol. The van der Waals surface area contributed by atoms with Crippen molar-refractivity contribution < 1.29 is 9.90 Å². The van der Waals surface area contributed by atoms with Crippen molar-refractivity contribution in [3.63, 3.8) is 0 Å². The summed E-state index contributed by atoms with van der Waals surface area (Å²) in [6, 6.07) is 12.8. The van der Waals surface area contributed by atoms with Crippen LogP contribution in [0.5, 0.6) is 0 Å². The fourth-order valence-electron chi connectivity index (χ4n) is 3.35. The van der Waals surface area contributed by atoms with Gasteiger partial charge in [-0.1, -0.05) is 44.9 Å². The highest BCUT2D eigenvalue weighted by Crippen LogP contribution is 2.35. The van der Waals surface area contributed by atoms with E-state index in [1.807, 2.05) is 6.07 Å². The second-order valence-electron chi connectivity index (χ2n) is 7.59. The Morgan fingerprint density at radius 3 is 2.16 bits per heavy atom. The lowest BCUT2D eigenvalue weighted by molar-refractivity contribution is -0.132. The van der Waals surface area contributed by atoms with E-state index < -0.39 is 5.97 Å². The highest BCUT2D eigenvalue weighted by molar-refractivity contribution is 7.28. The SMILES string of the molecule is [C-]#[N+]/C(=C\c1cc2sc(/C=C/c3ccc(N(CCCC)CCCC)cc3)cc2s1)C(=O)O. The number of anilines is 1. The Balaban J connectivity index is 1.69. The van der Waals surface area contributed by atoms with E-state index >= 15 is 0 Å². The van der Waals surface area contributed by atoms with Crippen LogP contribution >= 0.6 is 22.7 Å². The van der Waals surface area contributed by atoms with Gasteiger partial charge in [0, 0.05) is 37.9 Å². The van der Waals surface area contributed by atoms with Crippen LogP contribution in [-0.4, -0.2) is 24.2 Å². The van der Waals surface area contributed by atoms with Crippen LogP contribution in [0, 0.1) is 6.57 Å². The number of fused-ring (bicyclic) bond motifs is 1. The van der Waals surface area contributed by atoms with Crippen LogP contribution in [-0.2, 0) is 4.79 Å². The van der Waals surface area contributed by atoms with E-state index in [2.05, 4.69) is 66.1 Å². The van der Waals surface area contributed by atoms with E-state index in [0.29, 0.717) is 0 Å². The molecule has 2 heterocycles. The smallest absolute Gasteiger partial charge is 0.333 e. The van der Waals surface area contributed by atoms with Crippen molar-refractivity contribution in [2.45, 2.75) is 39.5 Å². The molecule has 0 aliphatic carbocycles. The first-order chi connectivity index (χ1) is 15.5. The molecule has 0 aliphatic heterocycles. The number of nitrogens with zero attached hydrogens (tertiary/aromatic N) is 2. The number of benzene rings is 1. The van der Waals surface area contributed by atoms with Gasteiger partial charge in [0.1, 0.15) is 0 Å². The number of thiophene rings is 2. The number of carboxylic acids is 1. The first kappa shape index (κ1) is 23.8. The van der Waals surface area contributed by atoms with E-state index in [-0.39, 0.29) is 5.70 Å². The van der Waals surface area contributed by atoms with Crippen molar-refractivity contribution in [2.75, 3.05) is 18.0 Å². The Labute approximate surface area is 197 Å². The molecule has 0 saturated heterocycles. The van der Waals surface area contributed by atoms with Gasteiger partial charge in [-0.15, -0.1) is 22.7 Å². The zero-order valence-corrected chi connectivity index (χ0v) is 20.1. The molecule has 0 unspecified atom stereocenters. The zero-order chi connectivity index (χ0) is 22.9. The summed E-state index contributed by atoms with van der Waals surface area (Å²) < 4.78 is 2.21. The molecule has 0 aliphatic rings. The molecule has 32 heavy (non-hydrogen) atoms. The first-order valence-electron chi connectivity index (χ1n) is 10.9. The third kappa shape index (κ3) is 6.32. The number of aliphatic carboxylic acids is 1. The Morgan fingerprint density at radius 2 is 1.59 bits per heavy atom. The number of rotatable bonds is 11. The monoisotopic (exact) mass is 464 g/mol. The Hall–Kier alpha value is -2.88. The Kier molecular flexibility index (Phi) is 8.66. The van der Waals surface area contributed by atoms with Gasteiger partial charge in [-0.3, -0.25) is 4.79 Å². The molecule has 4 nitrogen and oxygen atoms in total. The van der Waals surface area contributed by atoms with Gasteiger partial charge in [0.15, 0.2) is 0 Å². The summed E-state index contributed by atoms with van der Waals surface area (Å²) in [6.45, 7) is 13.7. The summed E-state index contributed by atoms with van der Waals surface area (Å²) in [5.74, 6) is -1.19. The molecule has 3 rings (SSSR count). The van der Waals surface area contributed by atoms with Crippen LogP contribution in [0.15, 0.2) is 42.1 Å².